The van der Waals surface area contributed by atoms with Crippen LogP contribution in [-0.2, 0) is 20.9 Å². The van der Waals surface area contributed by atoms with E-state index in [4.69, 9.17) is 19.5 Å². The molecule has 1 unspecified atom stereocenters. The van der Waals surface area contributed by atoms with E-state index in [9.17, 15) is 18.8 Å². The van der Waals surface area contributed by atoms with Crippen molar-refractivity contribution in [2.45, 2.75) is 19.6 Å². The molecule has 0 saturated carbocycles. The smallest absolute Gasteiger partial charge is 0.457 e. The lowest BCUT2D eigenvalue weighted by atomic mass is 9.80. The van der Waals surface area contributed by atoms with Crippen molar-refractivity contribution in [3.63, 3.8) is 0 Å². The first-order valence-electron chi connectivity index (χ1n) is 11.5. The molecule has 4 rings (SSSR count). The molecule has 3 aromatic carbocycles. The van der Waals surface area contributed by atoms with Crippen molar-refractivity contribution in [3.05, 3.63) is 83.7 Å². The van der Waals surface area contributed by atoms with E-state index in [2.05, 4.69) is 5.32 Å². The molecule has 2 amide bonds. The standard InChI is InChI=1S/C26H24BFN2O7/c1-16(31)29-13-22-14-30(26(33)37-22)21-10-11-23(24(28)12-21)18-4-2-17(3-5-18)15-36-25(32)19-6-8-20(9-7-19)27(34)35/h2-12,22,34-35H,13-15H2,1H3,(H,29,31). The summed E-state index contributed by atoms with van der Waals surface area (Å²) in [6.07, 6.45) is -1.13. The van der Waals surface area contributed by atoms with E-state index in [1.165, 1.54) is 42.2 Å². The predicted octanol–water partition coefficient (Wildman–Crippen LogP) is 1.99. The third kappa shape index (κ3) is 6.32. The first-order valence-corrected chi connectivity index (χ1v) is 11.5. The van der Waals surface area contributed by atoms with Crippen LogP contribution < -0.4 is 15.7 Å². The zero-order valence-electron chi connectivity index (χ0n) is 19.9. The molecule has 9 nitrogen and oxygen atoms in total. The molecule has 0 aliphatic carbocycles. The van der Waals surface area contributed by atoms with Crippen molar-refractivity contribution in [2.24, 2.45) is 0 Å². The number of nitrogens with one attached hydrogen (secondary N) is 1. The largest absolute Gasteiger partial charge is 0.488 e. The van der Waals surface area contributed by atoms with E-state index in [0.29, 0.717) is 22.4 Å². The van der Waals surface area contributed by atoms with Crippen LogP contribution >= 0.6 is 0 Å². The molecule has 0 radical (unpaired) electrons. The molecule has 1 atom stereocenters. The molecule has 37 heavy (non-hydrogen) atoms. The van der Waals surface area contributed by atoms with Crippen LogP contribution in [0, 0.1) is 5.82 Å². The van der Waals surface area contributed by atoms with Crippen LogP contribution in [0.2, 0.25) is 0 Å². The molecule has 1 fully saturated rings. The minimum absolute atomic E-state index is 0.00162. The Labute approximate surface area is 212 Å². The van der Waals surface area contributed by atoms with Gasteiger partial charge >= 0.3 is 19.2 Å². The molecule has 3 N–H and O–H groups in total. The maximum absolute atomic E-state index is 15.0. The number of nitrogens with zero attached hydrogens (tertiary/aromatic N) is 1. The molecule has 0 bridgehead atoms. The molecule has 190 valence electrons. The van der Waals surface area contributed by atoms with E-state index in [1.54, 1.807) is 36.4 Å². The van der Waals surface area contributed by atoms with Crippen molar-refractivity contribution in [1.29, 1.82) is 0 Å². The lowest BCUT2D eigenvalue weighted by Crippen LogP contribution is -2.33. The van der Waals surface area contributed by atoms with Crippen LogP contribution in [0.4, 0.5) is 14.9 Å². The van der Waals surface area contributed by atoms with Crippen molar-refractivity contribution in [1.82, 2.24) is 5.32 Å². The minimum Gasteiger partial charge on any atom is -0.457 e. The monoisotopic (exact) mass is 506 g/mol. The second kappa shape index (κ2) is 11.2. The normalized spacial score (nSPS) is 14.8. The summed E-state index contributed by atoms with van der Waals surface area (Å²) in [6, 6.07) is 17.0. The topological polar surface area (TPSA) is 125 Å². The summed E-state index contributed by atoms with van der Waals surface area (Å²) in [6.45, 7) is 1.74. The summed E-state index contributed by atoms with van der Waals surface area (Å²) in [5.41, 5.74) is 2.51. The van der Waals surface area contributed by atoms with Gasteiger partial charge in [-0.15, -0.1) is 0 Å². The third-order valence-corrected chi connectivity index (χ3v) is 5.80. The number of hydrogen-bond donors (Lipinski definition) is 3. The number of esters is 1. The number of carbonyl (C=O) groups excluding carboxylic acids is 3. The number of amides is 2. The highest BCUT2D eigenvalue weighted by atomic mass is 19.1. The number of rotatable bonds is 8. The van der Waals surface area contributed by atoms with Gasteiger partial charge < -0.3 is 24.8 Å². The summed E-state index contributed by atoms with van der Waals surface area (Å²) < 4.78 is 25.5. The fourth-order valence-electron chi connectivity index (χ4n) is 3.81. The highest BCUT2D eigenvalue weighted by molar-refractivity contribution is 6.58. The predicted molar refractivity (Wildman–Crippen MR) is 134 cm³/mol. The van der Waals surface area contributed by atoms with Crippen molar-refractivity contribution < 1.29 is 38.3 Å². The van der Waals surface area contributed by atoms with Crippen molar-refractivity contribution >= 4 is 36.2 Å². The fraction of sp³-hybridized carbons (Fsp3) is 0.192. The van der Waals surface area contributed by atoms with Gasteiger partial charge in [0.1, 0.15) is 18.5 Å². The molecule has 11 heteroatoms. The molecular formula is C26H24BFN2O7. The summed E-state index contributed by atoms with van der Waals surface area (Å²) in [5, 5.41) is 20.8. The van der Waals surface area contributed by atoms with Gasteiger partial charge in [0.15, 0.2) is 0 Å². The Morgan fingerprint density at radius 3 is 2.43 bits per heavy atom. The van der Waals surface area contributed by atoms with Gasteiger partial charge in [-0.1, -0.05) is 36.4 Å². The summed E-state index contributed by atoms with van der Waals surface area (Å²) in [5.74, 6) is -1.32. The van der Waals surface area contributed by atoms with Gasteiger partial charge in [0.2, 0.25) is 5.91 Å². The summed E-state index contributed by atoms with van der Waals surface area (Å²) in [7, 11) is -1.62. The zero-order valence-corrected chi connectivity index (χ0v) is 19.9. The summed E-state index contributed by atoms with van der Waals surface area (Å²) in [4.78, 5) is 36.8. The number of anilines is 1. The van der Waals surface area contributed by atoms with Gasteiger partial charge in [-0.3, -0.25) is 9.69 Å². The molecule has 1 heterocycles. The summed E-state index contributed by atoms with van der Waals surface area (Å²) >= 11 is 0. The second-order valence-corrected chi connectivity index (χ2v) is 8.49. The third-order valence-electron chi connectivity index (χ3n) is 5.80. The van der Waals surface area contributed by atoms with Gasteiger partial charge in [0, 0.05) is 12.5 Å². The maximum atomic E-state index is 15.0. The average Bonchev–Trinajstić information content (AvgIpc) is 3.26. The Balaban J connectivity index is 1.37. The van der Waals surface area contributed by atoms with E-state index in [0.717, 1.165) is 0 Å². The van der Waals surface area contributed by atoms with E-state index < -0.39 is 31.1 Å². The van der Waals surface area contributed by atoms with Crippen molar-refractivity contribution in [2.75, 3.05) is 18.0 Å². The molecule has 0 aromatic heterocycles. The second-order valence-electron chi connectivity index (χ2n) is 8.49. The number of hydrogen-bond acceptors (Lipinski definition) is 7. The van der Waals surface area contributed by atoms with Gasteiger partial charge in [-0.2, -0.15) is 0 Å². The van der Waals surface area contributed by atoms with Gasteiger partial charge in [-0.05, 0) is 46.9 Å². The van der Waals surface area contributed by atoms with Crippen LogP contribution in [0.5, 0.6) is 0 Å². The minimum atomic E-state index is -1.62. The lowest BCUT2D eigenvalue weighted by molar-refractivity contribution is -0.119. The SMILES string of the molecule is CC(=O)NCC1CN(c2ccc(-c3ccc(COC(=O)c4ccc(B(O)O)cc4)cc3)c(F)c2)C(=O)O1. The van der Waals surface area contributed by atoms with E-state index in [-0.39, 0.29) is 36.6 Å². The molecule has 1 aliphatic heterocycles. The van der Waals surface area contributed by atoms with E-state index >= 15 is 0 Å². The Hall–Kier alpha value is -4.22. The number of benzene rings is 3. The zero-order chi connectivity index (χ0) is 26.5. The van der Waals surface area contributed by atoms with Gasteiger partial charge in [0.25, 0.3) is 0 Å². The average molecular weight is 506 g/mol. The van der Waals surface area contributed by atoms with E-state index in [1.807, 2.05) is 0 Å². The van der Waals surface area contributed by atoms with Gasteiger partial charge in [-0.25, -0.2) is 14.0 Å². The highest BCUT2D eigenvalue weighted by Crippen LogP contribution is 2.29. The van der Waals surface area contributed by atoms with Crippen LogP contribution in [0.15, 0.2) is 66.7 Å². The molecule has 0 spiro atoms. The van der Waals surface area contributed by atoms with Gasteiger partial charge in [0.05, 0.1) is 24.3 Å². The Bertz CT molecular complexity index is 1300. The fourth-order valence-corrected chi connectivity index (χ4v) is 3.81. The van der Waals surface area contributed by atoms with Crippen molar-refractivity contribution in [3.8, 4) is 11.1 Å². The number of ether oxygens (including phenoxy) is 2. The first kappa shape index (κ1) is 25.9. The van der Waals surface area contributed by atoms with Crippen LogP contribution in [0.1, 0.15) is 22.8 Å². The number of carbonyl (C=O) groups is 3. The maximum Gasteiger partial charge on any atom is 0.488 e. The molecule has 1 saturated heterocycles. The number of cyclic esters (lactones) is 1. The molecular weight excluding hydrogens is 482 g/mol. The molecule has 3 aromatic rings. The highest BCUT2D eigenvalue weighted by Gasteiger charge is 2.32. The Kier molecular flexibility index (Phi) is 7.85. The first-order chi connectivity index (χ1) is 17.7. The quantitative estimate of drug-likeness (QED) is 0.315. The Morgan fingerprint density at radius 1 is 1.11 bits per heavy atom. The molecule has 1 aliphatic rings. The van der Waals surface area contributed by atoms with Crippen LogP contribution in [0.3, 0.4) is 0 Å². The Morgan fingerprint density at radius 2 is 1.81 bits per heavy atom. The van der Waals surface area contributed by atoms with Crippen LogP contribution in [-0.4, -0.2) is 54.3 Å². The van der Waals surface area contributed by atoms with Crippen LogP contribution in [0.25, 0.3) is 11.1 Å². The lowest BCUT2D eigenvalue weighted by Gasteiger charge is -2.15. The number of halogens is 1.